The Bertz CT molecular complexity index is 634. The van der Waals surface area contributed by atoms with Crippen LogP contribution in [0.2, 0.25) is 0 Å². The van der Waals surface area contributed by atoms with E-state index < -0.39 is 0 Å². The molecular weight excluding hydrogens is 394 g/mol. The number of aryl methyl sites for hydroxylation is 1. The molecule has 0 saturated heterocycles. The van der Waals surface area contributed by atoms with Crippen LogP contribution in [-0.4, -0.2) is 11.7 Å². The van der Waals surface area contributed by atoms with Crippen molar-refractivity contribution in [3.8, 4) is 5.75 Å². The SMILES string of the molecule is Oc1c(Br)cc(CN2CCCCc3ccccc32)cc1Br. The molecule has 2 nitrogen and oxygen atoms in total. The first-order chi connectivity index (χ1) is 10.1. The highest BCUT2D eigenvalue weighted by Gasteiger charge is 2.16. The summed E-state index contributed by atoms with van der Waals surface area (Å²) in [7, 11) is 0. The maximum absolute atomic E-state index is 9.83. The number of phenolic OH excluding ortho intramolecular Hbond substituents is 1. The number of para-hydroxylation sites is 1. The lowest BCUT2D eigenvalue weighted by Gasteiger charge is -2.25. The first kappa shape index (κ1) is 14.9. The molecule has 110 valence electrons. The van der Waals surface area contributed by atoms with Crippen LogP contribution in [0.25, 0.3) is 0 Å². The Hall–Kier alpha value is -1.00. The normalized spacial score (nSPS) is 14.7. The van der Waals surface area contributed by atoms with Crippen molar-refractivity contribution < 1.29 is 5.11 Å². The molecule has 21 heavy (non-hydrogen) atoms. The van der Waals surface area contributed by atoms with Crippen molar-refractivity contribution in [3.05, 3.63) is 56.5 Å². The van der Waals surface area contributed by atoms with Gasteiger partial charge < -0.3 is 10.0 Å². The number of halogens is 2. The summed E-state index contributed by atoms with van der Waals surface area (Å²) in [5.41, 5.74) is 3.96. The van der Waals surface area contributed by atoms with Crippen molar-refractivity contribution in [2.75, 3.05) is 11.4 Å². The monoisotopic (exact) mass is 409 g/mol. The predicted octanol–water partition coefficient (Wildman–Crippen LogP) is 5.26. The standard InChI is InChI=1S/C17H17Br2NO/c18-14-9-12(10-15(19)17(14)21)11-20-8-4-3-6-13-5-1-2-7-16(13)20/h1-2,5,7,9-10,21H,3-4,6,8,11H2. The molecule has 0 atom stereocenters. The van der Waals surface area contributed by atoms with E-state index in [1.54, 1.807) is 0 Å². The number of rotatable bonds is 2. The first-order valence-corrected chi connectivity index (χ1v) is 8.73. The van der Waals surface area contributed by atoms with Gasteiger partial charge in [-0.15, -0.1) is 0 Å². The number of benzene rings is 2. The summed E-state index contributed by atoms with van der Waals surface area (Å²) >= 11 is 6.82. The molecule has 0 unspecified atom stereocenters. The van der Waals surface area contributed by atoms with Crippen molar-refractivity contribution >= 4 is 37.5 Å². The minimum atomic E-state index is 0.259. The van der Waals surface area contributed by atoms with Gasteiger partial charge in [-0.05, 0) is 80.4 Å². The van der Waals surface area contributed by atoms with E-state index in [1.807, 2.05) is 12.1 Å². The van der Waals surface area contributed by atoms with Gasteiger partial charge in [0.1, 0.15) is 5.75 Å². The van der Waals surface area contributed by atoms with Gasteiger partial charge in [0.2, 0.25) is 0 Å². The van der Waals surface area contributed by atoms with Gasteiger partial charge in [-0.25, -0.2) is 0 Å². The molecule has 2 aromatic rings. The molecule has 0 spiro atoms. The summed E-state index contributed by atoms with van der Waals surface area (Å²) in [5.74, 6) is 0.259. The molecule has 1 N–H and O–H groups in total. The smallest absolute Gasteiger partial charge is 0.143 e. The second-order valence-electron chi connectivity index (χ2n) is 5.42. The minimum Gasteiger partial charge on any atom is -0.506 e. The van der Waals surface area contributed by atoms with Crippen molar-refractivity contribution in [1.82, 2.24) is 0 Å². The van der Waals surface area contributed by atoms with Crippen LogP contribution in [0.4, 0.5) is 5.69 Å². The van der Waals surface area contributed by atoms with Crippen LogP contribution >= 0.6 is 31.9 Å². The second-order valence-corrected chi connectivity index (χ2v) is 7.12. The lowest BCUT2D eigenvalue weighted by atomic mass is 10.1. The van der Waals surface area contributed by atoms with E-state index in [0.717, 1.165) is 28.5 Å². The quantitative estimate of drug-likeness (QED) is 0.729. The average molecular weight is 411 g/mol. The fourth-order valence-electron chi connectivity index (χ4n) is 2.86. The van der Waals surface area contributed by atoms with Crippen LogP contribution in [-0.2, 0) is 13.0 Å². The number of aromatic hydroxyl groups is 1. The molecule has 4 heteroatoms. The fourth-order valence-corrected chi connectivity index (χ4v) is 4.14. The predicted molar refractivity (Wildman–Crippen MR) is 93.9 cm³/mol. The van der Waals surface area contributed by atoms with Gasteiger partial charge in [-0.3, -0.25) is 0 Å². The number of nitrogens with zero attached hydrogens (tertiary/aromatic N) is 1. The zero-order valence-electron chi connectivity index (χ0n) is 11.6. The Morgan fingerprint density at radius 2 is 1.76 bits per heavy atom. The second kappa shape index (κ2) is 6.41. The van der Waals surface area contributed by atoms with Crippen molar-refractivity contribution in [3.63, 3.8) is 0 Å². The van der Waals surface area contributed by atoms with Crippen LogP contribution in [0.3, 0.4) is 0 Å². The highest BCUT2D eigenvalue weighted by molar-refractivity contribution is 9.11. The molecule has 1 aliphatic rings. The largest absolute Gasteiger partial charge is 0.506 e. The van der Waals surface area contributed by atoms with Crippen LogP contribution in [0.5, 0.6) is 5.75 Å². The molecule has 3 rings (SSSR count). The van der Waals surface area contributed by atoms with Gasteiger partial charge >= 0.3 is 0 Å². The molecule has 0 bridgehead atoms. The lowest BCUT2D eigenvalue weighted by Crippen LogP contribution is -2.23. The summed E-state index contributed by atoms with van der Waals surface area (Å²) in [6.07, 6.45) is 3.63. The van der Waals surface area contributed by atoms with E-state index >= 15 is 0 Å². The van der Waals surface area contributed by atoms with E-state index in [4.69, 9.17) is 0 Å². The molecular formula is C17H17Br2NO. The van der Waals surface area contributed by atoms with Gasteiger partial charge in [0.25, 0.3) is 0 Å². The van der Waals surface area contributed by atoms with E-state index in [-0.39, 0.29) is 5.75 Å². The summed E-state index contributed by atoms with van der Waals surface area (Å²) in [6, 6.07) is 12.7. The van der Waals surface area contributed by atoms with Crippen LogP contribution in [0, 0.1) is 0 Å². The van der Waals surface area contributed by atoms with Crippen LogP contribution in [0.1, 0.15) is 24.0 Å². The van der Waals surface area contributed by atoms with Crippen LogP contribution in [0.15, 0.2) is 45.3 Å². The van der Waals surface area contributed by atoms with Gasteiger partial charge in [-0.2, -0.15) is 0 Å². The van der Waals surface area contributed by atoms with Gasteiger partial charge in [0.15, 0.2) is 0 Å². The average Bonchev–Trinajstić information content (AvgIpc) is 2.67. The zero-order chi connectivity index (χ0) is 14.8. The van der Waals surface area contributed by atoms with Gasteiger partial charge in [-0.1, -0.05) is 18.2 Å². The first-order valence-electron chi connectivity index (χ1n) is 7.15. The molecule has 0 saturated carbocycles. The summed E-state index contributed by atoms with van der Waals surface area (Å²) in [4.78, 5) is 2.44. The fraction of sp³-hybridized carbons (Fsp3) is 0.294. The third kappa shape index (κ3) is 3.27. The molecule has 0 radical (unpaired) electrons. The number of hydrogen-bond donors (Lipinski definition) is 1. The lowest BCUT2D eigenvalue weighted by molar-refractivity contribution is 0.468. The summed E-state index contributed by atoms with van der Waals surface area (Å²) < 4.78 is 1.46. The Morgan fingerprint density at radius 1 is 1.05 bits per heavy atom. The Kier molecular flexibility index (Phi) is 4.55. The topological polar surface area (TPSA) is 23.5 Å². The van der Waals surface area contributed by atoms with E-state index in [2.05, 4.69) is 61.0 Å². The molecule has 0 fully saturated rings. The van der Waals surface area contributed by atoms with Gasteiger partial charge in [0.05, 0.1) is 8.95 Å². The zero-order valence-corrected chi connectivity index (χ0v) is 14.8. The Morgan fingerprint density at radius 3 is 2.52 bits per heavy atom. The van der Waals surface area contributed by atoms with Crippen molar-refractivity contribution in [1.29, 1.82) is 0 Å². The third-order valence-corrected chi connectivity index (χ3v) is 5.12. The van der Waals surface area contributed by atoms with E-state index in [0.29, 0.717) is 0 Å². The molecule has 0 aromatic heterocycles. The third-order valence-electron chi connectivity index (χ3n) is 3.91. The number of hydrogen-bond acceptors (Lipinski definition) is 2. The molecule has 0 amide bonds. The van der Waals surface area contributed by atoms with Crippen LogP contribution < -0.4 is 4.90 Å². The maximum atomic E-state index is 9.83. The van der Waals surface area contributed by atoms with E-state index in [1.165, 1.54) is 29.7 Å². The van der Waals surface area contributed by atoms with Gasteiger partial charge in [0, 0.05) is 18.8 Å². The number of phenols is 1. The van der Waals surface area contributed by atoms with Crippen molar-refractivity contribution in [2.24, 2.45) is 0 Å². The number of anilines is 1. The minimum absolute atomic E-state index is 0.259. The summed E-state index contributed by atoms with van der Waals surface area (Å²) in [5, 5.41) is 9.83. The molecule has 0 aliphatic carbocycles. The Labute approximate surface area is 142 Å². The highest BCUT2D eigenvalue weighted by atomic mass is 79.9. The summed E-state index contributed by atoms with van der Waals surface area (Å²) in [6.45, 7) is 1.93. The molecule has 1 heterocycles. The highest BCUT2D eigenvalue weighted by Crippen LogP contribution is 2.35. The van der Waals surface area contributed by atoms with Crippen molar-refractivity contribution in [2.45, 2.75) is 25.8 Å². The maximum Gasteiger partial charge on any atom is 0.143 e. The molecule has 1 aliphatic heterocycles. The number of fused-ring (bicyclic) bond motifs is 1. The Balaban J connectivity index is 1.91. The van der Waals surface area contributed by atoms with E-state index in [9.17, 15) is 5.11 Å². The molecule has 2 aromatic carbocycles.